The molecule has 1 aliphatic rings. The van der Waals surface area contributed by atoms with Gasteiger partial charge in [0.15, 0.2) is 0 Å². The van der Waals surface area contributed by atoms with Crippen LogP contribution in [-0.2, 0) is 6.42 Å². The summed E-state index contributed by atoms with van der Waals surface area (Å²) in [7, 11) is 0. The van der Waals surface area contributed by atoms with Crippen LogP contribution in [0.25, 0.3) is 0 Å². The van der Waals surface area contributed by atoms with E-state index in [9.17, 15) is 0 Å². The molecule has 0 aromatic heterocycles. The summed E-state index contributed by atoms with van der Waals surface area (Å²) < 4.78 is 0. The molecule has 1 aromatic rings. The summed E-state index contributed by atoms with van der Waals surface area (Å²) in [4.78, 5) is 0. The second-order valence-electron chi connectivity index (χ2n) is 7.77. The van der Waals surface area contributed by atoms with Gasteiger partial charge in [0.2, 0.25) is 0 Å². The Kier molecular flexibility index (Phi) is 3.94. The lowest BCUT2D eigenvalue weighted by Crippen LogP contribution is -2.40. The Morgan fingerprint density at radius 3 is 2.21 bits per heavy atom. The van der Waals surface area contributed by atoms with Crippen LogP contribution in [0.3, 0.4) is 0 Å². The first-order valence-electron chi connectivity index (χ1n) is 7.66. The van der Waals surface area contributed by atoms with Gasteiger partial charge in [0.25, 0.3) is 0 Å². The van der Waals surface area contributed by atoms with Gasteiger partial charge in [0, 0.05) is 11.7 Å². The third kappa shape index (κ3) is 3.75. The van der Waals surface area contributed by atoms with Crippen molar-refractivity contribution in [3.63, 3.8) is 0 Å². The normalized spacial score (nSPS) is 22.2. The molecule has 0 unspecified atom stereocenters. The van der Waals surface area contributed by atoms with Crippen LogP contribution in [0.15, 0.2) is 24.3 Å². The molecule has 1 fully saturated rings. The number of benzene rings is 1. The van der Waals surface area contributed by atoms with Crippen molar-refractivity contribution in [2.24, 2.45) is 10.8 Å². The van der Waals surface area contributed by atoms with E-state index in [0.29, 0.717) is 16.9 Å². The van der Waals surface area contributed by atoms with Crippen molar-refractivity contribution in [2.75, 3.05) is 5.32 Å². The summed E-state index contributed by atoms with van der Waals surface area (Å²) in [6.07, 6.45) is 4.97. The third-order valence-corrected chi connectivity index (χ3v) is 4.31. The maximum Gasteiger partial charge on any atom is 0.0374 e. The highest BCUT2D eigenvalue weighted by Gasteiger charge is 2.38. The first kappa shape index (κ1) is 14.4. The predicted molar refractivity (Wildman–Crippen MR) is 84.6 cm³/mol. The minimum Gasteiger partial charge on any atom is -0.382 e. The molecule has 0 radical (unpaired) electrons. The second-order valence-corrected chi connectivity index (χ2v) is 7.77. The number of anilines is 1. The molecule has 0 spiro atoms. The second kappa shape index (κ2) is 5.19. The number of hydrogen-bond donors (Lipinski definition) is 1. The summed E-state index contributed by atoms with van der Waals surface area (Å²) >= 11 is 0. The molecule has 106 valence electrons. The van der Waals surface area contributed by atoms with Crippen molar-refractivity contribution in [3.05, 3.63) is 29.8 Å². The van der Waals surface area contributed by atoms with Gasteiger partial charge in [-0.3, -0.25) is 0 Å². The van der Waals surface area contributed by atoms with Crippen LogP contribution in [0.2, 0.25) is 0 Å². The largest absolute Gasteiger partial charge is 0.382 e. The van der Waals surface area contributed by atoms with Crippen LogP contribution in [0, 0.1) is 10.8 Å². The van der Waals surface area contributed by atoms with Crippen LogP contribution >= 0.6 is 0 Å². The van der Waals surface area contributed by atoms with Crippen molar-refractivity contribution in [2.45, 2.75) is 66.3 Å². The van der Waals surface area contributed by atoms with E-state index in [1.54, 1.807) is 0 Å². The Labute approximate surface area is 118 Å². The quantitative estimate of drug-likeness (QED) is 0.780. The third-order valence-electron chi connectivity index (χ3n) is 4.31. The highest BCUT2D eigenvalue weighted by Crippen LogP contribution is 2.46. The van der Waals surface area contributed by atoms with Crippen molar-refractivity contribution in [1.82, 2.24) is 0 Å². The van der Waals surface area contributed by atoms with Crippen LogP contribution in [-0.4, -0.2) is 6.04 Å². The Morgan fingerprint density at radius 2 is 1.63 bits per heavy atom. The lowest BCUT2D eigenvalue weighted by Gasteiger charge is -2.45. The summed E-state index contributed by atoms with van der Waals surface area (Å²) in [5.41, 5.74) is 3.66. The zero-order valence-corrected chi connectivity index (χ0v) is 13.2. The fraction of sp³-hybridized carbons (Fsp3) is 0.667. The Balaban J connectivity index is 2.14. The molecule has 1 N–H and O–H groups in total. The topological polar surface area (TPSA) is 12.0 Å². The van der Waals surface area contributed by atoms with E-state index in [0.717, 1.165) is 6.42 Å². The average Bonchev–Trinajstić information content (AvgIpc) is 2.25. The molecule has 1 saturated carbocycles. The van der Waals surface area contributed by atoms with Crippen LogP contribution < -0.4 is 5.32 Å². The van der Waals surface area contributed by atoms with Gasteiger partial charge in [0.1, 0.15) is 0 Å². The number of hydrogen-bond acceptors (Lipinski definition) is 1. The molecule has 1 aliphatic carbocycles. The van der Waals surface area contributed by atoms with Gasteiger partial charge in [-0.25, -0.2) is 0 Å². The number of rotatable bonds is 3. The predicted octanol–water partition coefficient (Wildman–Crippen LogP) is 5.27. The van der Waals surface area contributed by atoms with Crippen molar-refractivity contribution < 1.29 is 0 Å². The van der Waals surface area contributed by atoms with Gasteiger partial charge < -0.3 is 5.32 Å². The molecule has 0 saturated heterocycles. The van der Waals surface area contributed by atoms with Crippen LogP contribution in [0.4, 0.5) is 5.69 Å². The Morgan fingerprint density at radius 1 is 1.05 bits per heavy atom. The Hall–Kier alpha value is -0.980. The molecule has 19 heavy (non-hydrogen) atoms. The van der Waals surface area contributed by atoms with Crippen molar-refractivity contribution in [1.29, 1.82) is 0 Å². The van der Waals surface area contributed by atoms with E-state index >= 15 is 0 Å². The van der Waals surface area contributed by atoms with Gasteiger partial charge >= 0.3 is 0 Å². The fourth-order valence-corrected chi connectivity index (χ4v) is 4.14. The highest BCUT2D eigenvalue weighted by molar-refractivity contribution is 5.51. The van der Waals surface area contributed by atoms with Gasteiger partial charge in [-0.05, 0) is 48.1 Å². The summed E-state index contributed by atoms with van der Waals surface area (Å²) in [6, 6.07) is 9.35. The minimum absolute atomic E-state index is 0.445. The van der Waals surface area contributed by atoms with E-state index in [-0.39, 0.29) is 0 Å². The summed E-state index contributed by atoms with van der Waals surface area (Å²) in [5, 5.41) is 3.81. The average molecular weight is 259 g/mol. The molecule has 0 amide bonds. The van der Waals surface area contributed by atoms with Crippen molar-refractivity contribution in [3.8, 4) is 0 Å². The first-order chi connectivity index (χ1) is 8.81. The van der Waals surface area contributed by atoms with Crippen LogP contribution in [0.5, 0.6) is 0 Å². The number of nitrogens with one attached hydrogen (secondary N) is 1. The summed E-state index contributed by atoms with van der Waals surface area (Å²) in [5.74, 6) is 0. The molecule has 1 nitrogen and oxygen atoms in total. The van der Waals surface area contributed by atoms with E-state index in [4.69, 9.17) is 0 Å². The van der Waals surface area contributed by atoms with Crippen molar-refractivity contribution >= 4 is 5.69 Å². The minimum atomic E-state index is 0.445. The summed E-state index contributed by atoms with van der Waals surface area (Å²) in [6.45, 7) is 11.9. The van der Waals surface area contributed by atoms with E-state index in [1.807, 2.05) is 0 Å². The van der Waals surface area contributed by atoms with E-state index in [1.165, 1.54) is 30.5 Å². The van der Waals surface area contributed by atoms with E-state index < -0.39 is 0 Å². The van der Waals surface area contributed by atoms with Gasteiger partial charge in [0.05, 0.1) is 0 Å². The zero-order valence-electron chi connectivity index (χ0n) is 13.2. The monoisotopic (exact) mass is 259 g/mol. The number of para-hydroxylation sites is 1. The van der Waals surface area contributed by atoms with E-state index in [2.05, 4.69) is 64.2 Å². The lowest BCUT2D eigenvalue weighted by molar-refractivity contribution is 0.105. The fourth-order valence-electron chi connectivity index (χ4n) is 4.14. The molecule has 1 aromatic carbocycles. The standard InChI is InChI=1S/C18H29N/c1-6-14-9-7-8-10-16(14)19-15-11-17(2,3)13-18(4,5)12-15/h7-10,15,19H,6,11-13H2,1-5H3. The molecule has 0 atom stereocenters. The molecule has 1 heteroatoms. The molecule has 0 heterocycles. The van der Waals surface area contributed by atoms with Gasteiger partial charge in [-0.2, -0.15) is 0 Å². The lowest BCUT2D eigenvalue weighted by atomic mass is 9.63. The van der Waals surface area contributed by atoms with Gasteiger partial charge in [-0.1, -0.05) is 52.8 Å². The molecule has 0 bridgehead atoms. The van der Waals surface area contributed by atoms with Crippen LogP contribution in [0.1, 0.15) is 59.4 Å². The Bertz CT molecular complexity index is 415. The number of aryl methyl sites for hydroxylation is 1. The smallest absolute Gasteiger partial charge is 0.0374 e. The molecule has 2 rings (SSSR count). The van der Waals surface area contributed by atoms with Gasteiger partial charge in [-0.15, -0.1) is 0 Å². The SMILES string of the molecule is CCc1ccccc1NC1CC(C)(C)CC(C)(C)C1. The maximum absolute atomic E-state index is 3.81. The highest BCUT2D eigenvalue weighted by atomic mass is 14.9. The molecular weight excluding hydrogens is 230 g/mol. The maximum atomic E-state index is 3.81. The molecule has 0 aliphatic heterocycles. The molecular formula is C18H29N. The first-order valence-corrected chi connectivity index (χ1v) is 7.66. The zero-order chi connectivity index (χ0) is 14.1.